The van der Waals surface area contributed by atoms with Gasteiger partial charge in [-0.2, -0.15) is 0 Å². The molecule has 5 nitrogen and oxygen atoms in total. The number of aromatic nitrogens is 2. The van der Waals surface area contributed by atoms with Crippen LogP contribution in [0.1, 0.15) is 35.1 Å². The molecule has 0 saturated carbocycles. The molecule has 0 aliphatic carbocycles. The van der Waals surface area contributed by atoms with E-state index < -0.39 is 0 Å². The first-order valence-electron chi connectivity index (χ1n) is 8.76. The second-order valence-electron chi connectivity index (χ2n) is 6.53. The quantitative estimate of drug-likeness (QED) is 0.834. The average molecular weight is 344 g/mol. The summed E-state index contributed by atoms with van der Waals surface area (Å²) >= 11 is 1.84. The first-order valence-corrected chi connectivity index (χ1v) is 9.64. The lowest BCUT2D eigenvalue weighted by atomic mass is 10.1. The normalized spacial score (nSPS) is 22.9. The number of thiophene rings is 1. The Hall–Kier alpha value is -1.34. The highest BCUT2D eigenvalue weighted by Gasteiger charge is 2.27. The van der Waals surface area contributed by atoms with Crippen LogP contribution in [-0.2, 0) is 17.8 Å². The Morgan fingerprint density at radius 2 is 2.08 bits per heavy atom. The minimum atomic E-state index is 0.407. The molecule has 128 valence electrons. The third kappa shape index (κ3) is 3.83. The lowest BCUT2D eigenvalue weighted by Gasteiger charge is -2.27. The van der Waals surface area contributed by atoms with E-state index in [4.69, 9.17) is 9.72 Å². The van der Waals surface area contributed by atoms with E-state index in [0.717, 1.165) is 57.3 Å². The van der Waals surface area contributed by atoms with Gasteiger partial charge in [-0.1, -0.05) is 6.07 Å². The van der Waals surface area contributed by atoms with Gasteiger partial charge in [-0.05, 0) is 30.8 Å². The summed E-state index contributed by atoms with van der Waals surface area (Å²) in [7, 11) is 0. The fourth-order valence-corrected chi connectivity index (χ4v) is 4.33. The summed E-state index contributed by atoms with van der Waals surface area (Å²) in [4.78, 5) is 15.8. The van der Waals surface area contributed by atoms with E-state index in [-0.39, 0.29) is 0 Å². The summed E-state index contributed by atoms with van der Waals surface area (Å²) in [6, 6.07) is 4.76. The molecule has 0 N–H and O–H groups in total. The van der Waals surface area contributed by atoms with Crippen LogP contribution < -0.4 is 0 Å². The molecule has 2 aliphatic rings. The smallest absolute Gasteiger partial charge is 0.0762 e. The van der Waals surface area contributed by atoms with Crippen molar-refractivity contribution in [3.63, 3.8) is 0 Å². The molecule has 2 saturated heterocycles. The Labute approximate surface area is 147 Å². The van der Waals surface area contributed by atoms with Crippen LogP contribution in [0.2, 0.25) is 0 Å². The minimum absolute atomic E-state index is 0.407. The molecular formula is C18H24N4OS. The number of ether oxygens (including phenoxy) is 1. The van der Waals surface area contributed by atoms with Gasteiger partial charge in [0.05, 0.1) is 30.6 Å². The zero-order chi connectivity index (χ0) is 16.2. The molecule has 4 rings (SSSR count). The average Bonchev–Trinajstić information content (AvgIpc) is 3.28. The highest BCUT2D eigenvalue weighted by atomic mass is 32.1. The van der Waals surface area contributed by atoms with Crippen molar-refractivity contribution in [1.29, 1.82) is 0 Å². The van der Waals surface area contributed by atoms with Crippen LogP contribution in [-0.4, -0.2) is 52.6 Å². The van der Waals surface area contributed by atoms with Gasteiger partial charge in [0.15, 0.2) is 0 Å². The first-order chi connectivity index (χ1) is 11.9. The van der Waals surface area contributed by atoms with E-state index in [1.807, 2.05) is 23.7 Å². The number of likely N-dealkylation sites (tertiary alicyclic amines) is 1. The summed E-state index contributed by atoms with van der Waals surface area (Å²) in [6.45, 7) is 6.67. The van der Waals surface area contributed by atoms with Crippen molar-refractivity contribution in [3.05, 3.63) is 46.2 Å². The summed E-state index contributed by atoms with van der Waals surface area (Å²) in [6.07, 6.45) is 6.30. The molecule has 0 unspecified atom stereocenters. The van der Waals surface area contributed by atoms with Crippen molar-refractivity contribution in [2.24, 2.45) is 0 Å². The predicted octanol–water partition coefficient (Wildman–Crippen LogP) is 2.71. The van der Waals surface area contributed by atoms with E-state index >= 15 is 0 Å². The summed E-state index contributed by atoms with van der Waals surface area (Å²) in [5.41, 5.74) is 2.21. The van der Waals surface area contributed by atoms with Gasteiger partial charge in [0.25, 0.3) is 0 Å². The van der Waals surface area contributed by atoms with Gasteiger partial charge < -0.3 is 4.74 Å². The minimum Gasteiger partial charge on any atom is -0.379 e. The zero-order valence-electron chi connectivity index (χ0n) is 13.9. The maximum Gasteiger partial charge on any atom is 0.0762 e. The third-order valence-corrected chi connectivity index (χ3v) is 5.70. The van der Waals surface area contributed by atoms with Gasteiger partial charge in [0, 0.05) is 43.4 Å². The summed E-state index contributed by atoms with van der Waals surface area (Å²) in [5.74, 6) is 0. The summed E-state index contributed by atoms with van der Waals surface area (Å²) in [5, 5.41) is 2.16. The van der Waals surface area contributed by atoms with Gasteiger partial charge in [-0.15, -0.1) is 11.3 Å². The van der Waals surface area contributed by atoms with Crippen molar-refractivity contribution in [3.8, 4) is 0 Å². The molecule has 2 fully saturated rings. The maximum absolute atomic E-state index is 5.42. The van der Waals surface area contributed by atoms with Crippen LogP contribution in [0.3, 0.4) is 0 Å². The fourth-order valence-electron chi connectivity index (χ4n) is 3.60. The molecule has 6 heteroatoms. The molecule has 1 atom stereocenters. The van der Waals surface area contributed by atoms with Crippen LogP contribution in [0.25, 0.3) is 0 Å². The maximum atomic E-state index is 5.42. The van der Waals surface area contributed by atoms with Gasteiger partial charge in [0.1, 0.15) is 0 Å². The molecule has 0 aromatic carbocycles. The number of rotatable bonds is 5. The van der Waals surface area contributed by atoms with E-state index in [9.17, 15) is 0 Å². The van der Waals surface area contributed by atoms with E-state index in [2.05, 4.69) is 32.3 Å². The van der Waals surface area contributed by atoms with E-state index in [0.29, 0.717) is 6.04 Å². The van der Waals surface area contributed by atoms with Crippen molar-refractivity contribution < 1.29 is 4.74 Å². The second-order valence-corrected chi connectivity index (χ2v) is 7.56. The van der Waals surface area contributed by atoms with Crippen LogP contribution in [0.4, 0.5) is 0 Å². The Morgan fingerprint density at radius 1 is 1.17 bits per heavy atom. The Kier molecular flexibility index (Phi) is 5.18. The largest absolute Gasteiger partial charge is 0.379 e. The lowest BCUT2D eigenvalue weighted by molar-refractivity contribution is 0.0335. The van der Waals surface area contributed by atoms with Crippen LogP contribution in [0.5, 0.6) is 0 Å². The number of nitrogens with zero attached hydrogens (tertiary/aromatic N) is 4. The van der Waals surface area contributed by atoms with Crippen molar-refractivity contribution >= 4 is 11.3 Å². The van der Waals surface area contributed by atoms with Gasteiger partial charge in [0.2, 0.25) is 0 Å². The van der Waals surface area contributed by atoms with Crippen molar-refractivity contribution in [1.82, 2.24) is 19.8 Å². The molecule has 0 amide bonds. The number of hydrogen-bond donors (Lipinski definition) is 0. The van der Waals surface area contributed by atoms with E-state index in [1.165, 1.54) is 17.7 Å². The third-order valence-electron chi connectivity index (χ3n) is 4.84. The molecule has 0 bridgehead atoms. The standard InChI is InChI=1S/C18H24N4OS/c1-4-18(22(5-1)14-16-3-2-10-24-16)17-12-19-11-15(20-17)13-21-6-8-23-9-7-21/h2-3,10-12,18H,1,4-9,13-14H2/t18-/m0/s1. The molecule has 0 radical (unpaired) electrons. The van der Waals surface area contributed by atoms with Crippen LogP contribution >= 0.6 is 11.3 Å². The first kappa shape index (κ1) is 16.1. The zero-order valence-corrected chi connectivity index (χ0v) is 14.7. The predicted molar refractivity (Wildman–Crippen MR) is 94.8 cm³/mol. The SMILES string of the molecule is c1csc(CN2CCC[C@H]2c2cncc(CN3CCOCC3)n2)c1. The highest BCUT2D eigenvalue weighted by Crippen LogP contribution is 2.32. The molecule has 2 aromatic rings. The van der Waals surface area contributed by atoms with Crippen LogP contribution in [0.15, 0.2) is 29.9 Å². The topological polar surface area (TPSA) is 41.5 Å². The molecule has 2 aliphatic heterocycles. The Balaban J connectivity index is 1.45. The monoisotopic (exact) mass is 344 g/mol. The molecule has 4 heterocycles. The van der Waals surface area contributed by atoms with Gasteiger partial charge in [-0.3, -0.25) is 19.8 Å². The summed E-state index contributed by atoms with van der Waals surface area (Å²) < 4.78 is 5.42. The molecule has 2 aromatic heterocycles. The van der Waals surface area contributed by atoms with Crippen molar-refractivity contribution in [2.45, 2.75) is 32.0 Å². The molecular weight excluding hydrogens is 320 g/mol. The Morgan fingerprint density at radius 3 is 2.92 bits per heavy atom. The molecule has 0 spiro atoms. The lowest BCUT2D eigenvalue weighted by Crippen LogP contribution is -2.36. The number of morpholine rings is 1. The highest BCUT2D eigenvalue weighted by molar-refractivity contribution is 7.09. The second kappa shape index (κ2) is 7.70. The Bertz CT molecular complexity index is 642. The van der Waals surface area contributed by atoms with E-state index in [1.54, 1.807) is 0 Å². The van der Waals surface area contributed by atoms with Gasteiger partial charge in [-0.25, -0.2) is 0 Å². The molecule has 24 heavy (non-hydrogen) atoms. The number of hydrogen-bond acceptors (Lipinski definition) is 6. The van der Waals surface area contributed by atoms with Gasteiger partial charge >= 0.3 is 0 Å². The fraction of sp³-hybridized carbons (Fsp3) is 0.556. The van der Waals surface area contributed by atoms with Crippen LogP contribution in [0, 0.1) is 0 Å². The van der Waals surface area contributed by atoms with Crippen molar-refractivity contribution in [2.75, 3.05) is 32.8 Å².